The van der Waals surface area contributed by atoms with E-state index >= 15 is 0 Å². The fourth-order valence-electron chi connectivity index (χ4n) is 2.18. The van der Waals surface area contributed by atoms with Gasteiger partial charge in [0.1, 0.15) is 0 Å². The number of nitrogens with zero attached hydrogens (tertiary/aromatic N) is 1. The van der Waals surface area contributed by atoms with Gasteiger partial charge in [0.05, 0.1) is 10.5 Å². The molecule has 0 heterocycles. The standard InChI is InChI=1S/C17H14F3N3O5/c1-10(24)21-12-3-2-4-13(8-12)22-16(25)9-28-15-6-5-11(17(18,19)20)7-14(15)23(26)27/h2-8H,9H2,1H3,(H,21,24)(H,22,25). The molecule has 0 saturated heterocycles. The minimum Gasteiger partial charge on any atom is -0.477 e. The molecule has 8 nitrogen and oxygen atoms in total. The molecule has 0 unspecified atom stereocenters. The van der Waals surface area contributed by atoms with E-state index in [4.69, 9.17) is 4.74 Å². The molecule has 11 heteroatoms. The number of hydrogen-bond acceptors (Lipinski definition) is 5. The van der Waals surface area contributed by atoms with Crippen molar-refractivity contribution in [3.05, 3.63) is 58.1 Å². The van der Waals surface area contributed by atoms with E-state index in [-0.39, 0.29) is 5.91 Å². The van der Waals surface area contributed by atoms with Crippen molar-refractivity contribution in [1.82, 2.24) is 0 Å². The van der Waals surface area contributed by atoms with Crippen LogP contribution >= 0.6 is 0 Å². The van der Waals surface area contributed by atoms with Crippen molar-refractivity contribution >= 4 is 28.9 Å². The summed E-state index contributed by atoms with van der Waals surface area (Å²) >= 11 is 0. The number of rotatable bonds is 6. The number of amides is 2. The van der Waals surface area contributed by atoms with Crippen LogP contribution in [0.2, 0.25) is 0 Å². The van der Waals surface area contributed by atoms with E-state index in [1.54, 1.807) is 12.1 Å². The minimum absolute atomic E-state index is 0.304. The van der Waals surface area contributed by atoms with E-state index in [0.29, 0.717) is 23.5 Å². The maximum Gasteiger partial charge on any atom is 0.416 e. The molecule has 0 aliphatic heterocycles. The third-order valence-corrected chi connectivity index (χ3v) is 3.31. The fraction of sp³-hybridized carbons (Fsp3) is 0.176. The van der Waals surface area contributed by atoms with Gasteiger partial charge >= 0.3 is 11.9 Å². The van der Waals surface area contributed by atoms with Crippen molar-refractivity contribution in [3.8, 4) is 5.75 Å². The van der Waals surface area contributed by atoms with E-state index in [1.807, 2.05) is 0 Å². The Bertz CT molecular complexity index is 915. The molecular formula is C17H14F3N3O5. The average molecular weight is 397 g/mol. The van der Waals surface area contributed by atoms with Crippen LogP contribution in [-0.2, 0) is 15.8 Å². The van der Waals surface area contributed by atoms with E-state index in [1.165, 1.54) is 19.1 Å². The van der Waals surface area contributed by atoms with Gasteiger partial charge in [0.2, 0.25) is 5.91 Å². The fourth-order valence-corrected chi connectivity index (χ4v) is 2.18. The highest BCUT2D eigenvalue weighted by molar-refractivity contribution is 5.94. The highest BCUT2D eigenvalue weighted by atomic mass is 19.4. The number of nitro benzene ring substituents is 1. The summed E-state index contributed by atoms with van der Waals surface area (Å²) in [6, 6.07) is 7.91. The lowest BCUT2D eigenvalue weighted by Gasteiger charge is -2.11. The van der Waals surface area contributed by atoms with Crippen molar-refractivity contribution in [2.24, 2.45) is 0 Å². The van der Waals surface area contributed by atoms with Crippen LogP contribution in [0.5, 0.6) is 5.75 Å². The Hall–Kier alpha value is -3.63. The average Bonchev–Trinajstić information content (AvgIpc) is 2.58. The summed E-state index contributed by atoms with van der Waals surface area (Å²) in [6.07, 6.45) is -4.75. The number of carbonyl (C=O) groups is 2. The molecule has 0 radical (unpaired) electrons. The van der Waals surface area contributed by atoms with Gasteiger partial charge in [0, 0.05) is 24.4 Å². The summed E-state index contributed by atoms with van der Waals surface area (Å²) in [5.74, 6) is -1.48. The molecule has 2 rings (SSSR count). The SMILES string of the molecule is CC(=O)Nc1cccc(NC(=O)COc2ccc(C(F)(F)F)cc2[N+](=O)[O-])c1. The molecule has 0 aliphatic carbocycles. The Labute approximate surface area is 156 Å². The van der Waals surface area contributed by atoms with E-state index in [2.05, 4.69) is 10.6 Å². The molecule has 2 amide bonds. The van der Waals surface area contributed by atoms with Gasteiger partial charge in [0.25, 0.3) is 5.91 Å². The smallest absolute Gasteiger partial charge is 0.416 e. The first-order valence-electron chi connectivity index (χ1n) is 7.72. The quantitative estimate of drug-likeness (QED) is 0.572. The number of nitro groups is 1. The van der Waals surface area contributed by atoms with Crippen molar-refractivity contribution in [3.63, 3.8) is 0 Å². The molecule has 0 atom stereocenters. The predicted octanol–water partition coefficient (Wildman–Crippen LogP) is 3.59. The Morgan fingerprint density at radius 1 is 1.11 bits per heavy atom. The Balaban J connectivity index is 2.06. The zero-order chi connectivity index (χ0) is 20.9. The van der Waals surface area contributed by atoms with Crippen LogP contribution in [0, 0.1) is 10.1 Å². The van der Waals surface area contributed by atoms with Crippen molar-refractivity contribution in [2.75, 3.05) is 17.2 Å². The molecular weight excluding hydrogens is 383 g/mol. The first-order valence-corrected chi connectivity index (χ1v) is 7.72. The van der Waals surface area contributed by atoms with Gasteiger partial charge in [0.15, 0.2) is 12.4 Å². The Morgan fingerprint density at radius 3 is 2.32 bits per heavy atom. The predicted molar refractivity (Wildman–Crippen MR) is 93.0 cm³/mol. The maximum atomic E-state index is 12.7. The molecule has 0 aliphatic rings. The summed E-state index contributed by atoms with van der Waals surface area (Å²) in [4.78, 5) is 32.9. The van der Waals surface area contributed by atoms with E-state index in [9.17, 15) is 32.9 Å². The molecule has 2 aromatic rings. The lowest BCUT2D eigenvalue weighted by atomic mass is 10.2. The lowest BCUT2D eigenvalue weighted by Crippen LogP contribution is -2.20. The number of ether oxygens (including phenoxy) is 1. The topological polar surface area (TPSA) is 111 Å². The van der Waals surface area contributed by atoms with Crippen molar-refractivity contribution < 1.29 is 32.4 Å². The number of benzene rings is 2. The second-order valence-corrected chi connectivity index (χ2v) is 5.54. The monoisotopic (exact) mass is 397 g/mol. The summed E-state index contributed by atoms with van der Waals surface area (Å²) in [5.41, 5.74) is -1.35. The molecule has 0 bridgehead atoms. The van der Waals surface area contributed by atoms with Crippen LogP contribution < -0.4 is 15.4 Å². The van der Waals surface area contributed by atoms with Crippen LogP contribution in [-0.4, -0.2) is 23.3 Å². The van der Waals surface area contributed by atoms with Gasteiger partial charge in [-0.3, -0.25) is 19.7 Å². The highest BCUT2D eigenvalue weighted by Crippen LogP contribution is 2.36. The normalized spacial score (nSPS) is 10.9. The van der Waals surface area contributed by atoms with Gasteiger partial charge in [-0.1, -0.05) is 6.07 Å². The third kappa shape index (κ3) is 5.69. The minimum atomic E-state index is -4.75. The maximum absolute atomic E-state index is 12.7. The largest absolute Gasteiger partial charge is 0.477 e. The molecule has 2 N–H and O–H groups in total. The second kappa shape index (κ2) is 8.37. The lowest BCUT2D eigenvalue weighted by molar-refractivity contribution is -0.386. The summed E-state index contributed by atoms with van der Waals surface area (Å²) in [5, 5.41) is 16.0. The highest BCUT2D eigenvalue weighted by Gasteiger charge is 2.33. The van der Waals surface area contributed by atoms with Crippen molar-refractivity contribution in [1.29, 1.82) is 0 Å². The third-order valence-electron chi connectivity index (χ3n) is 3.31. The molecule has 28 heavy (non-hydrogen) atoms. The van der Waals surface area contributed by atoms with Gasteiger partial charge < -0.3 is 15.4 Å². The van der Waals surface area contributed by atoms with Crippen LogP contribution in [0.4, 0.5) is 30.2 Å². The van der Waals surface area contributed by atoms with Crippen LogP contribution in [0.15, 0.2) is 42.5 Å². The van der Waals surface area contributed by atoms with Gasteiger partial charge in [-0.05, 0) is 30.3 Å². The number of carbonyl (C=O) groups excluding carboxylic acids is 2. The zero-order valence-electron chi connectivity index (χ0n) is 14.4. The van der Waals surface area contributed by atoms with Crippen LogP contribution in [0.3, 0.4) is 0 Å². The molecule has 2 aromatic carbocycles. The molecule has 148 valence electrons. The first-order chi connectivity index (χ1) is 13.1. The molecule has 0 spiro atoms. The van der Waals surface area contributed by atoms with Gasteiger partial charge in [-0.2, -0.15) is 13.2 Å². The van der Waals surface area contributed by atoms with E-state index in [0.717, 1.165) is 6.07 Å². The first kappa shape index (κ1) is 20.7. The number of halogens is 3. The van der Waals surface area contributed by atoms with Crippen molar-refractivity contribution in [2.45, 2.75) is 13.1 Å². The molecule has 0 aromatic heterocycles. The van der Waals surface area contributed by atoms with Crippen LogP contribution in [0.25, 0.3) is 0 Å². The Morgan fingerprint density at radius 2 is 1.75 bits per heavy atom. The summed E-state index contributed by atoms with van der Waals surface area (Å²) in [7, 11) is 0. The number of nitrogens with one attached hydrogen (secondary N) is 2. The molecule has 0 fully saturated rings. The summed E-state index contributed by atoms with van der Waals surface area (Å²) < 4.78 is 43.0. The van der Waals surface area contributed by atoms with Gasteiger partial charge in [-0.25, -0.2) is 0 Å². The second-order valence-electron chi connectivity index (χ2n) is 5.54. The van der Waals surface area contributed by atoms with Gasteiger partial charge in [-0.15, -0.1) is 0 Å². The number of anilines is 2. The zero-order valence-corrected chi connectivity index (χ0v) is 14.4. The number of hydrogen-bond donors (Lipinski definition) is 2. The summed E-state index contributed by atoms with van der Waals surface area (Å²) in [6.45, 7) is 0.645. The van der Waals surface area contributed by atoms with E-state index < -0.39 is 40.6 Å². The Kier molecular flexibility index (Phi) is 6.18. The van der Waals surface area contributed by atoms with Crippen LogP contribution in [0.1, 0.15) is 12.5 Å². The molecule has 0 saturated carbocycles. The number of alkyl halides is 3.